The lowest BCUT2D eigenvalue weighted by molar-refractivity contribution is -0.901. The average Bonchev–Trinajstić information content (AvgIpc) is 2.91. The number of nitrogens with one attached hydrogen (secondary N) is 2. The van der Waals surface area contributed by atoms with Gasteiger partial charge in [0.15, 0.2) is 6.67 Å². The molecule has 3 rings (SSSR count). The van der Waals surface area contributed by atoms with Crippen molar-refractivity contribution in [2.24, 2.45) is 0 Å². The smallest absolute Gasteiger partial charge is 0.387 e. The number of carbonyl (C=O) groups is 2. The molecule has 8 heteroatoms. The first-order valence-electron chi connectivity index (χ1n) is 9.80. The van der Waals surface area contributed by atoms with Gasteiger partial charge in [-0.05, 0) is 37.5 Å². The molecule has 2 aromatic rings. The van der Waals surface area contributed by atoms with Gasteiger partial charge in [-0.3, -0.25) is 4.79 Å². The minimum atomic E-state index is -2.87. The molecule has 0 spiro atoms. The highest BCUT2D eigenvalue weighted by molar-refractivity contribution is 6.06. The molecule has 1 fully saturated rings. The highest BCUT2D eigenvalue weighted by atomic mass is 19.3. The van der Waals surface area contributed by atoms with Crippen molar-refractivity contribution >= 4 is 11.9 Å². The van der Waals surface area contributed by atoms with Crippen LogP contribution in [0.5, 0.6) is 5.75 Å². The highest BCUT2D eigenvalue weighted by Crippen LogP contribution is 2.23. The van der Waals surface area contributed by atoms with Gasteiger partial charge >= 0.3 is 12.6 Å². The van der Waals surface area contributed by atoms with Crippen molar-refractivity contribution in [3.63, 3.8) is 0 Å². The molecule has 3 amide bonds. The molecule has 0 radical (unpaired) electrons. The fourth-order valence-electron chi connectivity index (χ4n) is 3.56. The topological polar surface area (TPSA) is 63.1 Å². The second-order valence-corrected chi connectivity index (χ2v) is 7.80. The van der Waals surface area contributed by atoms with E-state index in [2.05, 4.69) is 10.1 Å². The number of amides is 3. The number of quaternary nitrogens is 1. The molecule has 1 aliphatic heterocycles. The molecule has 0 aliphatic carbocycles. The summed E-state index contributed by atoms with van der Waals surface area (Å²) in [6.07, 6.45) is 0.916. The number of hydrogen-bond acceptors (Lipinski definition) is 3. The summed E-state index contributed by atoms with van der Waals surface area (Å²) in [6, 6.07) is 15.8. The van der Waals surface area contributed by atoms with Crippen molar-refractivity contribution in [3.8, 4) is 5.75 Å². The van der Waals surface area contributed by atoms with Crippen molar-refractivity contribution < 1.29 is 28.0 Å². The zero-order chi connectivity index (χ0) is 21.7. The molecule has 6 nitrogen and oxygen atoms in total. The Morgan fingerprint density at radius 3 is 2.37 bits per heavy atom. The number of aryl methyl sites for hydroxylation is 1. The molecule has 1 unspecified atom stereocenters. The normalized spacial score (nSPS) is 19.8. The molecule has 2 N–H and O–H groups in total. The van der Waals surface area contributed by atoms with Crippen molar-refractivity contribution in [2.75, 3.05) is 13.7 Å². The fraction of sp³-hybridized carbons (Fsp3) is 0.364. The maximum absolute atomic E-state index is 12.9. The Hall–Kier alpha value is -3.00. The van der Waals surface area contributed by atoms with Crippen LogP contribution in [0, 0.1) is 0 Å². The number of halogens is 2. The number of alkyl halides is 2. The lowest BCUT2D eigenvalue weighted by atomic mass is 9.93. The quantitative estimate of drug-likeness (QED) is 0.614. The van der Waals surface area contributed by atoms with Gasteiger partial charge in [0.2, 0.25) is 0 Å². The SMILES string of the molecule is C[NH+](Cc1ccccc1)CN1C(=O)N[C@@](C)(CCc2ccc(OC(F)F)cc2)C1=O. The molecule has 0 saturated carbocycles. The first-order valence-corrected chi connectivity index (χ1v) is 9.80. The van der Waals surface area contributed by atoms with Gasteiger partial charge in [0.25, 0.3) is 5.91 Å². The molecule has 160 valence electrons. The number of urea groups is 1. The van der Waals surface area contributed by atoms with Crippen LogP contribution in [0.25, 0.3) is 0 Å². The summed E-state index contributed by atoms with van der Waals surface area (Å²) in [5.74, 6) is -0.168. The third-order valence-corrected chi connectivity index (χ3v) is 5.18. The third kappa shape index (κ3) is 5.33. The Morgan fingerprint density at radius 1 is 1.07 bits per heavy atom. The van der Waals surface area contributed by atoms with Crippen LogP contribution in [-0.2, 0) is 17.8 Å². The van der Waals surface area contributed by atoms with Gasteiger partial charge in [-0.15, -0.1) is 0 Å². The highest BCUT2D eigenvalue weighted by Gasteiger charge is 2.48. The largest absolute Gasteiger partial charge is 0.435 e. The lowest BCUT2D eigenvalue weighted by Gasteiger charge is -2.23. The number of carbonyl (C=O) groups excluding carboxylic acids is 2. The van der Waals surface area contributed by atoms with Crippen LogP contribution in [0.3, 0.4) is 0 Å². The van der Waals surface area contributed by atoms with Crippen LogP contribution < -0.4 is 15.0 Å². The van der Waals surface area contributed by atoms with E-state index < -0.39 is 18.2 Å². The summed E-state index contributed by atoms with van der Waals surface area (Å²) in [4.78, 5) is 27.7. The minimum Gasteiger partial charge on any atom is -0.435 e. The van der Waals surface area contributed by atoms with Crippen LogP contribution in [-0.4, -0.2) is 42.7 Å². The van der Waals surface area contributed by atoms with E-state index in [9.17, 15) is 18.4 Å². The molecule has 0 aromatic heterocycles. The number of nitrogens with zero attached hydrogens (tertiary/aromatic N) is 1. The summed E-state index contributed by atoms with van der Waals surface area (Å²) < 4.78 is 28.8. The Labute approximate surface area is 174 Å². The van der Waals surface area contributed by atoms with Gasteiger partial charge < -0.3 is 15.0 Å². The molecule has 0 bridgehead atoms. The predicted octanol–water partition coefficient (Wildman–Crippen LogP) is 2.20. The molecule has 1 heterocycles. The number of hydrogen-bond donors (Lipinski definition) is 2. The van der Waals surface area contributed by atoms with E-state index in [-0.39, 0.29) is 18.3 Å². The minimum absolute atomic E-state index is 0.0841. The summed E-state index contributed by atoms with van der Waals surface area (Å²) in [5, 5.41) is 2.81. The summed E-state index contributed by atoms with van der Waals surface area (Å²) in [6.45, 7) is -0.181. The molecule has 1 saturated heterocycles. The summed E-state index contributed by atoms with van der Waals surface area (Å²) >= 11 is 0. The van der Waals surface area contributed by atoms with Gasteiger partial charge in [0, 0.05) is 5.56 Å². The number of rotatable bonds is 9. The van der Waals surface area contributed by atoms with Crippen molar-refractivity contribution in [1.82, 2.24) is 10.2 Å². The average molecular weight is 418 g/mol. The van der Waals surface area contributed by atoms with Crippen LogP contribution in [0.2, 0.25) is 0 Å². The van der Waals surface area contributed by atoms with E-state index in [1.165, 1.54) is 17.0 Å². The van der Waals surface area contributed by atoms with Crippen LogP contribution in [0.1, 0.15) is 24.5 Å². The Bertz CT molecular complexity index is 877. The fourth-order valence-corrected chi connectivity index (χ4v) is 3.56. The number of imide groups is 1. The second kappa shape index (κ2) is 9.21. The van der Waals surface area contributed by atoms with E-state index in [0.29, 0.717) is 19.4 Å². The standard InChI is InChI=1S/C22H25F2N3O3/c1-22(13-12-16-8-10-18(11-9-16)30-20(23)24)19(28)27(21(29)25-22)15-26(2)14-17-6-4-3-5-7-17/h3-11,20H,12-15H2,1-2H3,(H,25,29)/p+1/t22-/m0/s1. The molecule has 2 aromatic carbocycles. The van der Waals surface area contributed by atoms with Crippen molar-refractivity contribution in [2.45, 2.75) is 38.5 Å². The first kappa shape index (κ1) is 21.7. The zero-order valence-electron chi connectivity index (χ0n) is 17.0. The van der Waals surface area contributed by atoms with E-state index in [1.807, 2.05) is 37.4 Å². The van der Waals surface area contributed by atoms with Crippen LogP contribution >= 0.6 is 0 Å². The summed E-state index contributed by atoms with van der Waals surface area (Å²) in [5.41, 5.74) is 0.997. The first-order chi connectivity index (χ1) is 14.3. The van der Waals surface area contributed by atoms with Crippen LogP contribution in [0.15, 0.2) is 54.6 Å². The third-order valence-electron chi connectivity index (χ3n) is 5.18. The van der Waals surface area contributed by atoms with Crippen molar-refractivity contribution in [3.05, 3.63) is 65.7 Å². The van der Waals surface area contributed by atoms with E-state index in [1.54, 1.807) is 19.1 Å². The van der Waals surface area contributed by atoms with Gasteiger partial charge in [-0.25, -0.2) is 9.69 Å². The number of ether oxygens (including phenoxy) is 1. The molecule has 1 aliphatic rings. The maximum atomic E-state index is 12.9. The van der Waals surface area contributed by atoms with Crippen molar-refractivity contribution in [1.29, 1.82) is 0 Å². The van der Waals surface area contributed by atoms with Gasteiger partial charge in [-0.1, -0.05) is 42.5 Å². The predicted molar refractivity (Wildman–Crippen MR) is 107 cm³/mol. The lowest BCUT2D eigenvalue weighted by Crippen LogP contribution is -3.09. The van der Waals surface area contributed by atoms with E-state index in [0.717, 1.165) is 16.0 Å². The van der Waals surface area contributed by atoms with Gasteiger partial charge in [0.1, 0.15) is 17.8 Å². The van der Waals surface area contributed by atoms with Gasteiger partial charge in [0.05, 0.1) is 7.05 Å². The van der Waals surface area contributed by atoms with Crippen LogP contribution in [0.4, 0.5) is 13.6 Å². The summed E-state index contributed by atoms with van der Waals surface area (Å²) in [7, 11) is 1.94. The number of benzene rings is 2. The van der Waals surface area contributed by atoms with E-state index >= 15 is 0 Å². The molecule has 2 atom stereocenters. The Morgan fingerprint density at radius 2 is 1.73 bits per heavy atom. The molecule has 30 heavy (non-hydrogen) atoms. The Kier molecular flexibility index (Phi) is 6.66. The Balaban J connectivity index is 1.57. The molecular formula is C22H26F2N3O3+. The maximum Gasteiger partial charge on any atom is 0.387 e. The molecular weight excluding hydrogens is 392 g/mol. The van der Waals surface area contributed by atoms with Gasteiger partial charge in [-0.2, -0.15) is 8.78 Å². The second-order valence-electron chi connectivity index (χ2n) is 7.80. The van der Waals surface area contributed by atoms with E-state index in [4.69, 9.17) is 0 Å². The zero-order valence-corrected chi connectivity index (χ0v) is 17.0. The monoisotopic (exact) mass is 418 g/mol.